The van der Waals surface area contributed by atoms with E-state index in [-0.39, 0.29) is 11.6 Å². The highest BCUT2D eigenvalue weighted by atomic mass is 32.1. The molecular weight excluding hydrogens is 355 g/mol. The standard InChI is InChI=1S/C19H17FN2O3S/c1-11-16(18(24)25-2)17(12-3-9-15(23)10-4-12)21-19(26)22(11)14-7-5-13(20)6-8-14/h3-10,17,23H,1-2H3,(H,21,26). The third-order valence-corrected chi connectivity index (χ3v) is 4.50. The van der Waals surface area contributed by atoms with Crippen molar-refractivity contribution in [3.63, 3.8) is 0 Å². The third-order valence-electron chi connectivity index (χ3n) is 4.20. The van der Waals surface area contributed by atoms with Crippen LogP contribution in [0.1, 0.15) is 18.5 Å². The van der Waals surface area contributed by atoms with Crippen molar-refractivity contribution in [2.75, 3.05) is 12.0 Å². The number of hydrogen-bond acceptors (Lipinski definition) is 4. The molecule has 26 heavy (non-hydrogen) atoms. The number of halogens is 1. The van der Waals surface area contributed by atoms with Gasteiger partial charge in [0.15, 0.2) is 5.11 Å². The van der Waals surface area contributed by atoms with Crippen molar-refractivity contribution in [3.8, 4) is 5.75 Å². The Balaban J connectivity index is 2.12. The molecule has 0 fully saturated rings. The fraction of sp³-hybridized carbons (Fsp3) is 0.158. The van der Waals surface area contributed by atoms with E-state index in [0.29, 0.717) is 22.1 Å². The number of thiocarbonyl (C=S) groups is 1. The fourth-order valence-corrected chi connectivity index (χ4v) is 3.30. The number of rotatable bonds is 3. The number of methoxy groups -OCH3 is 1. The summed E-state index contributed by atoms with van der Waals surface area (Å²) in [5, 5.41) is 13.0. The van der Waals surface area contributed by atoms with Crippen LogP contribution in [0.15, 0.2) is 59.8 Å². The van der Waals surface area contributed by atoms with E-state index in [0.717, 1.165) is 5.56 Å². The maximum Gasteiger partial charge on any atom is 0.337 e. The normalized spacial score (nSPS) is 17.1. The van der Waals surface area contributed by atoms with E-state index in [4.69, 9.17) is 17.0 Å². The van der Waals surface area contributed by atoms with E-state index in [2.05, 4.69) is 5.32 Å². The molecule has 0 saturated carbocycles. The van der Waals surface area contributed by atoms with E-state index >= 15 is 0 Å². The van der Waals surface area contributed by atoms with E-state index in [9.17, 15) is 14.3 Å². The molecule has 1 aliphatic heterocycles. The number of allylic oxidation sites excluding steroid dienone is 1. The van der Waals surface area contributed by atoms with Crippen LogP contribution in [0.2, 0.25) is 0 Å². The molecule has 0 amide bonds. The summed E-state index contributed by atoms with van der Waals surface area (Å²) >= 11 is 5.48. The molecule has 1 atom stereocenters. The van der Waals surface area contributed by atoms with Crippen LogP contribution in [0.5, 0.6) is 5.75 Å². The molecule has 0 aromatic heterocycles. The Morgan fingerprint density at radius 3 is 2.38 bits per heavy atom. The minimum absolute atomic E-state index is 0.125. The van der Waals surface area contributed by atoms with Gasteiger partial charge in [-0.25, -0.2) is 9.18 Å². The minimum Gasteiger partial charge on any atom is -0.508 e. The lowest BCUT2D eigenvalue weighted by atomic mass is 9.94. The van der Waals surface area contributed by atoms with Gasteiger partial charge >= 0.3 is 5.97 Å². The number of phenolic OH excluding ortho intramolecular Hbond substituents is 1. The lowest BCUT2D eigenvalue weighted by Gasteiger charge is -2.37. The number of carbonyl (C=O) groups excluding carboxylic acids is 1. The molecule has 0 saturated heterocycles. The zero-order chi connectivity index (χ0) is 18.8. The molecule has 2 N–H and O–H groups in total. The topological polar surface area (TPSA) is 61.8 Å². The molecule has 7 heteroatoms. The zero-order valence-corrected chi connectivity index (χ0v) is 15.0. The van der Waals surface area contributed by atoms with Crippen LogP contribution < -0.4 is 10.2 Å². The van der Waals surface area contributed by atoms with E-state index in [1.807, 2.05) is 0 Å². The van der Waals surface area contributed by atoms with Gasteiger partial charge in [-0.15, -0.1) is 0 Å². The van der Waals surface area contributed by atoms with Crippen LogP contribution in [0.3, 0.4) is 0 Å². The quantitative estimate of drug-likeness (QED) is 0.636. The zero-order valence-electron chi connectivity index (χ0n) is 14.2. The molecule has 0 spiro atoms. The number of anilines is 1. The Bertz CT molecular complexity index is 879. The maximum atomic E-state index is 13.3. The van der Waals surface area contributed by atoms with Crippen molar-refractivity contribution in [2.45, 2.75) is 13.0 Å². The molecule has 1 aliphatic rings. The Morgan fingerprint density at radius 1 is 1.19 bits per heavy atom. The fourth-order valence-electron chi connectivity index (χ4n) is 2.94. The van der Waals surface area contributed by atoms with Crippen molar-refractivity contribution in [1.29, 1.82) is 0 Å². The molecule has 2 aromatic carbocycles. The molecule has 1 unspecified atom stereocenters. The van der Waals surface area contributed by atoms with Crippen LogP contribution in [-0.2, 0) is 9.53 Å². The summed E-state index contributed by atoms with van der Waals surface area (Å²) in [5.41, 5.74) is 2.36. The molecule has 0 bridgehead atoms. The summed E-state index contributed by atoms with van der Waals surface area (Å²) in [7, 11) is 1.31. The first-order chi connectivity index (χ1) is 12.4. The molecule has 134 valence electrons. The monoisotopic (exact) mass is 372 g/mol. The Hall–Kier alpha value is -2.93. The molecule has 1 heterocycles. The van der Waals surface area contributed by atoms with Crippen LogP contribution in [-0.4, -0.2) is 23.3 Å². The van der Waals surface area contributed by atoms with Crippen molar-refractivity contribution >= 4 is 29.0 Å². The van der Waals surface area contributed by atoms with Crippen LogP contribution in [0.25, 0.3) is 0 Å². The molecular formula is C19H17FN2O3S. The number of esters is 1. The van der Waals surface area contributed by atoms with Gasteiger partial charge in [0.05, 0.1) is 18.7 Å². The van der Waals surface area contributed by atoms with E-state index < -0.39 is 12.0 Å². The van der Waals surface area contributed by atoms with Crippen LogP contribution in [0.4, 0.5) is 10.1 Å². The average Bonchev–Trinajstić information content (AvgIpc) is 2.63. The second kappa shape index (κ2) is 7.13. The van der Waals surface area contributed by atoms with Gasteiger partial charge in [0.25, 0.3) is 0 Å². The smallest absolute Gasteiger partial charge is 0.337 e. The lowest BCUT2D eigenvalue weighted by molar-refractivity contribution is -0.136. The SMILES string of the molecule is COC(=O)C1=C(C)N(c2ccc(F)cc2)C(=S)NC1c1ccc(O)cc1. The highest BCUT2D eigenvalue weighted by Gasteiger charge is 2.35. The van der Waals surface area contributed by atoms with Gasteiger partial charge in [0.1, 0.15) is 11.6 Å². The molecule has 3 rings (SSSR count). The van der Waals surface area contributed by atoms with Gasteiger partial charge in [0.2, 0.25) is 0 Å². The number of nitrogens with one attached hydrogen (secondary N) is 1. The van der Waals surface area contributed by atoms with E-state index in [1.165, 1.54) is 31.4 Å². The van der Waals surface area contributed by atoms with E-state index in [1.54, 1.807) is 36.1 Å². The third kappa shape index (κ3) is 3.25. The Kier molecular flexibility index (Phi) is 4.90. The molecule has 5 nitrogen and oxygen atoms in total. The van der Waals surface area contributed by atoms with Gasteiger partial charge in [0, 0.05) is 11.4 Å². The number of ether oxygens (including phenoxy) is 1. The number of carbonyl (C=O) groups is 1. The van der Waals surface area contributed by atoms with Crippen molar-refractivity contribution < 1.29 is 19.0 Å². The summed E-state index contributed by atoms with van der Waals surface area (Å²) < 4.78 is 18.2. The van der Waals surface area contributed by atoms with Crippen molar-refractivity contribution in [3.05, 3.63) is 71.2 Å². The second-order valence-corrected chi connectivity index (χ2v) is 6.16. The molecule has 2 aromatic rings. The highest BCUT2D eigenvalue weighted by molar-refractivity contribution is 7.80. The Morgan fingerprint density at radius 2 is 1.81 bits per heavy atom. The predicted molar refractivity (Wildman–Crippen MR) is 100 cm³/mol. The predicted octanol–water partition coefficient (Wildman–Crippen LogP) is 3.41. The van der Waals surface area contributed by atoms with Crippen molar-refractivity contribution in [1.82, 2.24) is 5.32 Å². The number of phenols is 1. The first kappa shape index (κ1) is 17.9. The van der Waals surface area contributed by atoms with Gasteiger partial charge in [-0.2, -0.15) is 0 Å². The van der Waals surface area contributed by atoms with Crippen LogP contribution >= 0.6 is 12.2 Å². The number of hydrogen-bond donors (Lipinski definition) is 2. The molecule has 0 aliphatic carbocycles. The summed E-state index contributed by atoms with van der Waals surface area (Å²) in [5.74, 6) is -0.732. The summed E-state index contributed by atoms with van der Waals surface area (Å²) in [6.07, 6.45) is 0. The summed E-state index contributed by atoms with van der Waals surface area (Å²) in [6, 6.07) is 11.8. The first-order valence-corrected chi connectivity index (χ1v) is 8.27. The number of nitrogens with zero attached hydrogens (tertiary/aromatic N) is 1. The van der Waals surface area contributed by atoms with Gasteiger partial charge in [-0.3, -0.25) is 4.90 Å². The minimum atomic E-state index is -0.521. The second-order valence-electron chi connectivity index (χ2n) is 5.78. The first-order valence-electron chi connectivity index (χ1n) is 7.86. The number of benzene rings is 2. The molecule has 0 radical (unpaired) electrons. The van der Waals surface area contributed by atoms with Gasteiger partial charge < -0.3 is 15.2 Å². The summed E-state index contributed by atoms with van der Waals surface area (Å²) in [4.78, 5) is 14.1. The maximum absolute atomic E-state index is 13.3. The van der Waals surface area contributed by atoms with Gasteiger partial charge in [-0.1, -0.05) is 12.1 Å². The Labute approximate surface area is 155 Å². The van der Waals surface area contributed by atoms with Crippen LogP contribution in [0, 0.1) is 5.82 Å². The lowest BCUT2D eigenvalue weighted by Crippen LogP contribution is -2.48. The van der Waals surface area contributed by atoms with Gasteiger partial charge in [-0.05, 0) is 61.1 Å². The summed E-state index contributed by atoms with van der Waals surface area (Å²) in [6.45, 7) is 1.76. The largest absolute Gasteiger partial charge is 0.508 e. The highest BCUT2D eigenvalue weighted by Crippen LogP contribution is 2.34. The number of aromatic hydroxyl groups is 1. The van der Waals surface area contributed by atoms with Crippen molar-refractivity contribution in [2.24, 2.45) is 0 Å². The average molecular weight is 372 g/mol.